The van der Waals surface area contributed by atoms with Crippen molar-refractivity contribution in [2.75, 3.05) is 0 Å². The van der Waals surface area contributed by atoms with Crippen molar-refractivity contribution >= 4 is 11.6 Å². The van der Waals surface area contributed by atoms with Crippen LogP contribution in [0.5, 0.6) is 5.75 Å². The lowest BCUT2D eigenvalue weighted by atomic mass is 10.1. The van der Waals surface area contributed by atoms with Gasteiger partial charge in [0.05, 0.1) is 0 Å². The van der Waals surface area contributed by atoms with Crippen LogP contribution in [0.3, 0.4) is 0 Å². The number of ether oxygens (including phenoxy) is 1. The predicted octanol–water partition coefficient (Wildman–Crippen LogP) is 4.25. The van der Waals surface area contributed by atoms with Crippen molar-refractivity contribution in [3.63, 3.8) is 0 Å². The molecule has 2 aromatic carbocycles. The van der Waals surface area contributed by atoms with Crippen LogP contribution in [0.1, 0.15) is 29.7 Å². The van der Waals surface area contributed by atoms with Crippen LogP contribution in [0.25, 0.3) is 0 Å². The van der Waals surface area contributed by atoms with E-state index in [0.29, 0.717) is 6.61 Å². The van der Waals surface area contributed by atoms with Crippen molar-refractivity contribution < 1.29 is 4.74 Å². The minimum Gasteiger partial charge on any atom is -0.489 e. The fourth-order valence-electron chi connectivity index (χ4n) is 1.91. The third kappa shape index (κ3) is 3.49. The molecule has 3 heteroatoms. The summed E-state index contributed by atoms with van der Waals surface area (Å²) in [5.74, 6) is 0.814. The highest BCUT2D eigenvalue weighted by Crippen LogP contribution is 2.25. The van der Waals surface area contributed by atoms with Crippen LogP contribution in [0.4, 0.5) is 0 Å². The van der Waals surface area contributed by atoms with Crippen molar-refractivity contribution in [3.05, 3.63) is 64.2 Å². The number of aryl methyl sites for hydroxylation is 1. The molecule has 0 aliphatic carbocycles. The molecule has 100 valence electrons. The lowest BCUT2D eigenvalue weighted by molar-refractivity contribution is 0.301. The summed E-state index contributed by atoms with van der Waals surface area (Å²) in [6.45, 7) is 4.41. The zero-order chi connectivity index (χ0) is 13.8. The van der Waals surface area contributed by atoms with Gasteiger partial charge in [0.25, 0.3) is 0 Å². The Balaban J connectivity index is 2.14. The molecule has 0 bridgehead atoms. The molecule has 0 amide bonds. The molecule has 0 aromatic heterocycles. The predicted molar refractivity (Wildman–Crippen MR) is 79.6 cm³/mol. The Hall–Kier alpha value is -1.51. The molecule has 2 N–H and O–H groups in total. The first kappa shape index (κ1) is 13.9. The second-order valence-corrected chi connectivity index (χ2v) is 5.12. The topological polar surface area (TPSA) is 35.2 Å². The fourth-order valence-corrected chi connectivity index (χ4v) is 2.20. The third-order valence-corrected chi connectivity index (χ3v) is 3.35. The molecule has 0 radical (unpaired) electrons. The van der Waals surface area contributed by atoms with Crippen LogP contribution in [-0.4, -0.2) is 0 Å². The smallest absolute Gasteiger partial charge is 0.124 e. The van der Waals surface area contributed by atoms with E-state index in [9.17, 15) is 0 Å². The molecule has 0 spiro atoms. The molecular weight excluding hydrogens is 258 g/mol. The first-order valence-corrected chi connectivity index (χ1v) is 6.68. The van der Waals surface area contributed by atoms with Gasteiger partial charge in [-0.15, -0.1) is 0 Å². The van der Waals surface area contributed by atoms with Gasteiger partial charge in [0.2, 0.25) is 0 Å². The first-order valence-electron chi connectivity index (χ1n) is 6.30. The Kier molecular flexibility index (Phi) is 4.46. The first-order chi connectivity index (χ1) is 9.08. The van der Waals surface area contributed by atoms with Gasteiger partial charge in [0, 0.05) is 22.2 Å². The maximum Gasteiger partial charge on any atom is 0.124 e. The normalized spacial score (nSPS) is 12.2. The Morgan fingerprint density at radius 2 is 1.95 bits per heavy atom. The van der Waals surface area contributed by atoms with Crippen LogP contribution in [0, 0.1) is 6.92 Å². The minimum absolute atomic E-state index is 0.0512. The van der Waals surface area contributed by atoms with Crippen molar-refractivity contribution in [3.8, 4) is 5.75 Å². The quantitative estimate of drug-likeness (QED) is 0.905. The van der Waals surface area contributed by atoms with E-state index in [1.54, 1.807) is 0 Å². The van der Waals surface area contributed by atoms with Crippen LogP contribution in [-0.2, 0) is 6.61 Å². The maximum atomic E-state index is 6.19. The summed E-state index contributed by atoms with van der Waals surface area (Å²) >= 11 is 6.19. The van der Waals surface area contributed by atoms with Crippen molar-refractivity contribution in [2.24, 2.45) is 5.73 Å². The molecule has 2 aromatic rings. The summed E-state index contributed by atoms with van der Waals surface area (Å²) in [4.78, 5) is 0. The van der Waals surface area contributed by atoms with Gasteiger partial charge in [0.1, 0.15) is 12.4 Å². The van der Waals surface area contributed by atoms with Crippen LogP contribution >= 0.6 is 11.6 Å². The molecule has 0 aliphatic rings. The van der Waals surface area contributed by atoms with Crippen molar-refractivity contribution in [1.82, 2.24) is 0 Å². The zero-order valence-electron chi connectivity index (χ0n) is 11.2. The van der Waals surface area contributed by atoms with Crippen molar-refractivity contribution in [2.45, 2.75) is 26.5 Å². The Morgan fingerprint density at radius 1 is 1.21 bits per heavy atom. The number of hydrogen-bond donors (Lipinski definition) is 1. The summed E-state index contributed by atoms with van der Waals surface area (Å²) in [5, 5.41) is 0.735. The highest BCUT2D eigenvalue weighted by atomic mass is 35.5. The maximum absolute atomic E-state index is 6.19. The lowest BCUT2D eigenvalue weighted by Gasteiger charge is -2.14. The summed E-state index contributed by atoms with van der Waals surface area (Å²) in [7, 11) is 0. The molecule has 0 heterocycles. The molecule has 0 saturated heterocycles. The second-order valence-electron chi connectivity index (χ2n) is 4.71. The van der Waals surface area contributed by atoms with Gasteiger partial charge in [-0.2, -0.15) is 0 Å². The number of nitrogens with two attached hydrogens (primary N) is 1. The van der Waals surface area contributed by atoms with E-state index in [1.807, 2.05) is 56.3 Å². The highest BCUT2D eigenvalue weighted by molar-refractivity contribution is 6.31. The number of rotatable bonds is 4. The molecule has 1 atom stereocenters. The summed E-state index contributed by atoms with van der Waals surface area (Å²) in [5.41, 5.74) is 9.05. The van der Waals surface area contributed by atoms with E-state index >= 15 is 0 Å². The van der Waals surface area contributed by atoms with Gasteiger partial charge in [-0.05, 0) is 31.5 Å². The van der Waals surface area contributed by atoms with Gasteiger partial charge < -0.3 is 10.5 Å². The van der Waals surface area contributed by atoms with Crippen LogP contribution < -0.4 is 10.5 Å². The standard InChI is InChI=1S/C16H18ClNO/c1-11-7-8-13(15(17)9-11)10-19-16-6-4-3-5-14(16)12(2)18/h3-9,12H,10,18H2,1-2H3/t12-/m1/s1. The Morgan fingerprint density at radius 3 is 2.63 bits per heavy atom. The minimum atomic E-state index is -0.0512. The Bertz CT molecular complexity index is 566. The number of hydrogen-bond acceptors (Lipinski definition) is 2. The molecular formula is C16H18ClNO. The molecule has 19 heavy (non-hydrogen) atoms. The van der Waals surface area contributed by atoms with Gasteiger partial charge in [-0.25, -0.2) is 0 Å². The molecule has 2 nitrogen and oxygen atoms in total. The fraction of sp³-hybridized carbons (Fsp3) is 0.250. The molecule has 0 unspecified atom stereocenters. The van der Waals surface area contributed by atoms with Gasteiger partial charge in [0.15, 0.2) is 0 Å². The van der Waals surface area contributed by atoms with Gasteiger partial charge >= 0.3 is 0 Å². The van der Waals surface area contributed by atoms with E-state index in [2.05, 4.69) is 0 Å². The van der Waals surface area contributed by atoms with E-state index < -0.39 is 0 Å². The average molecular weight is 276 g/mol. The van der Waals surface area contributed by atoms with Gasteiger partial charge in [-0.1, -0.05) is 41.9 Å². The van der Waals surface area contributed by atoms with E-state index in [4.69, 9.17) is 22.1 Å². The molecule has 0 fully saturated rings. The second kappa shape index (κ2) is 6.09. The zero-order valence-corrected chi connectivity index (χ0v) is 11.9. The SMILES string of the molecule is Cc1ccc(COc2ccccc2[C@@H](C)N)c(Cl)c1. The molecule has 0 saturated carbocycles. The molecule has 0 aliphatic heterocycles. The van der Waals surface area contributed by atoms with E-state index in [0.717, 1.165) is 27.5 Å². The lowest BCUT2D eigenvalue weighted by Crippen LogP contribution is -2.08. The highest BCUT2D eigenvalue weighted by Gasteiger charge is 2.08. The Labute approximate surface area is 119 Å². The number of halogens is 1. The van der Waals surface area contributed by atoms with E-state index in [-0.39, 0.29) is 6.04 Å². The third-order valence-electron chi connectivity index (χ3n) is 3.00. The summed E-state index contributed by atoms with van der Waals surface area (Å²) in [6, 6.07) is 13.7. The monoisotopic (exact) mass is 275 g/mol. The number of para-hydroxylation sites is 1. The van der Waals surface area contributed by atoms with E-state index in [1.165, 1.54) is 0 Å². The van der Waals surface area contributed by atoms with Crippen molar-refractivity contribution in [1.29, 1.82) is 0 Å². The molecule has 2 rings (SSSR count). The average Bonchev–Trinajstić information content (AvgIpc) is 2.38. The van der Waals surface area contributed by atoms with Crippen LogP contribution in [0.2, 0.25) is 5.02 Å². The largest absolute Gasteiger partial charge is 0.489 e. The van der Waals surface area contributed by atoms with Crippen LogP contribution in [0.15, 0.2) is 42.5 Å². The summed E-state index contributed by atoms with van der Waals surface area (Å²) in [6.07, 6.45) is 0. The summed E-state index contributed by atoms with van der Waals surface area (Å²) < 4.78 is 5.84. The van der Waals surface area contributed by atoms with Gasteiger partial charge in [-0.3, -0.25) is 0 Å². The number of benzene rings is 2.